The van der Waals surface area contributed by atoms with E-state index >= 15 is 0 Å². The fraction of sp³-hybridized carbons (Fsp3) is 0.231. The van der Waals surface area contributed by atoms with E-state index < -0.39 is 23.5 Å². The van der Waals surface area contributed by atoms with Gasteiger partial charge >= 0.3 is 0 Å². The molecule has 0 aliphatic rings. The van der Waals surface area contributed by atoms with Crippen molar-refractivity contribution in [2.24, 2.45) is 4.99 Å². The molecule has 0 aliphatic carbocycles. The molecule has 0 aliphatic heterocycles. The molecule has 0 bridgehead atoms. The number of likely N-dealkylation sites (N-methyl/N-ethyl adjacent to an activating group) is 1. The minimum absolute atomic E-state index is 0.0715. The van der Waals surface area contributed by atoms with Gasteiger partial charge in [-0.1, -0.05) is 17.8 Å². The SMILES string of the molecule is COc1ccc(N(C)C(=O)C(C)NC(=Nc2ccc(F)cc2)SCc2c(F)cccc2F)cc1OC. The number of amides is 1. The molecular formula is C26H26F3N3O3S. The van der Waals surface area contributed by atoms with Gasteiger partial charge in [-0.15, -0.1) is 0 Å². The molecule has 3 aromatic rings. The summed E-state index contributed by atoms with van der Waals surface area (Å²) in [6.07, 6.45) is 0. The molecule has 3 rings (SSSR count). The van der Waals surface area contributed by atoms with Crippen LogP contribution in [0.4, 0.5) is 24.5 Å². The molecule has 0 spiro atoms. The van der Waals surface area contributed by atoms with E-state index in [1.807, 2.05) is 0 Å². The normalized spacial score (nSPS) is 12.1. The van der Waals surface area contributed by atoms with E-state index in [9.17, 15) is 18.0 Å². The van der Waals surface area contributed by atoms with Gasteiger partial charge in [-0.05, 0) is 55.5 Å². The summed E-state index contributed by atoms with van der Waals surface area (Å²) in [4.78, 5) is 19.0. The molecule has 0 aromatic heterocycles. The summed E-state index contributed by atoms with van der Waals surface area (Å²) in [5.41, 5.74) is 0.871. The van der Waals surface area contributed by atoms with Gasteiger partial charge < -0.3 is 19.7 Å². The van der Waals surface area contributed by atoms with Crippen molar-refractivity contribution < 1.29 is 27.4 Å². The number of thioether (sulfide) groups is 1. The summed E-state index contributed by atoms with van der Waals surface area (Å²) in [6.45, 7) is 1.64. The van der Waals surface area contributed by atoms with Crippen LogP contribution in [0.1, 0.15) is 12.5 Å². The molecule has 0 fully saturated rings. The van der Waals surface area contributed by atoms with Crippen molar-refractivity contribution in [2.75, 3.05) is 26.2 Å². The van der Waals surface area contributed by atoms with E-state index in [1.165, 1.54) is 61.6 Å². The number of nitrogens with zero attached hydrogens (tertiary/aromatic N) is 2. The third-order valence-corrected chi connectivity index (χ3v) is 6.18. The van der Waals surface area contributed by atoms with E-state index in [2.05, 4.69) is 10.3 Å². The first-order valence-corrected chi connectivity index (χ1v) is 11.9. The molecule has 0 heterocycles. The van der Waals surface area contributed by atoms with Crippen LogP contribution in [0.3, 0.4) is 0 Å². The number of rotatable bonds is 8. The predicted molar refractivity (Wildman–Crippen MR) is 137 cm³/mol. The zero-order valence-corrected chi connectivity index (χ0v) is 21.0. The second-order valence-electron chi connectivity index (χ2n) is 7.68. The maximum atomic E-state index is 14.1. The third-order valence-electron chi connectivity index (χ3n) is 5.27. The monoisotopic (exact) mass is 517 g/mol. The number of nitrogens with one attached hydrogen (secondary N) is 1. The van der Waals surface area contributed by atoms with Gasteiger partial charge in [-0.3, -0.25) is 4.79 Å². The van der Waals surface area contributed by atoms with Crippen LogP contribution in [-0.2, 0) is 10.5 Å². The maximum absolute atomic E-state index is 14.1. The molecule has 1 N–H and O–H groups in total. The maximum Gasteiger partial charge on any atom is 0.248 e. The zero-order valence-electron chi connectivity index (χ0n) is 20.2. The summed E-state index contributed by atoms with van der Waals surface area (Å²) in [7, 11) is 4.63. The van der Waals surface area contributed by atoms with E-state index in [0.717, 1.165) is 11.8 Å². The average molecular weight is 518 g/mol. The molecule has 1 amide bonds. The lowest BCUT2D eigenvalue weighted by Crippen LogP contribution is -2.45. The van der Waals surface area contributed by atoms with Crippen molar-refractivity contribution in [1.29, 1.82) is 0 Å². The number of aliphatic imine (C=N–C) groups is 1. The number of anilines is 1. The van der Waals surface area contributed by atoms with Crippen LogP contribution < -0.4 is 19.7 Å². The zero-order chi connectivity index (χ0) is 26.2. The lowest BCUT2D eigenvalue weighted by Gasteiger charge is -2.24. The van der Waals surface area contributed by atoms with Crippen LogP contribution in [0, 0.1) is 17.5 Å². The Kier molecular flexibility index (Phi) is 9.24. The molecule has 36 heavy (non-hydrogen) atoms. The van der Waals surface area contributed by atoms with Crippen LogP contribution in [0.25, 0.3) is 0 Å². The Bertz CT molecular complexity index is 1220. The predicted octanol–water partition coefficient (Wildman–Crippen LogP) is 5.68. The standard InChI is InChI=1S/C26H26F3N3O3S/c1-16(25(33)32(2)19-12-13-23(34-3)24(14-19)35-4)30-26(31-18-10-8-17(27)9-11-18)36-15-20-21(28)6-5-7-22(20)29/h5-14,16H,15H2,1-4H3,(H,30,31). The molecule has 1 unspecified atom stereocenters. The van der Waals surface area contributed by atoms with E-state index in [0.29, 0.717) is 22.9 Å². The first-order chi connectivity index (χ1) is 17.2. The number of hydrogen-bond acceptors (Lipinski definition) is 5. The number of halogens is 3. The van der Waals surface area contributed by atoms with Gasteiger partial charge in [0, 0.05) is 30.1 Å². The van der Waals surface area contributed by atoms with Gasteiger partial charge in [0.05, 0.1) is 19.9 Å². The van der Waals surface area contributed by atoms with Crippen LogP contribution in [0.15, 0.2) is 65.7 Å². The number of benzene rings is 3. The highest BCUT2D eigenvalue weighted by Crippen LogP contribution is 2.31. The quantitative estimate of drug-likeness (QED) is 0.308. The molecule has 0 radical (unpaired) electrons. The Hall–Kier alpha value is -3.66. The molecule has 3 aromatic carbocycles. The lowest BCUT2D eigenvalue weighted by molar-refractivity contribution is -0.119. The van der Waals surface area contributed by atoms with Crippen molar-refractivity contribution in [2.45, 2.75) is 18.7 Å². The smallest absolute Gasteiger partial charge is 0.248 e. The second-order valence-corrected chi connectivity index (χ2v) is 8.65. The van der Waals surface area contributed by atoms with Crippen LogP contribution in [-0.4, -0.2) is 38.4 Å². The largest absolute Gasteiger partial charge is 0.493 e. The van der Waals surface area contributed by atoms with Crippen molar-refractivity contribution in [3.8, 4) is 11.5 Å². The van der Waals surface area contributed by atoms with E-state index in [-0.39, 0.29) is 22.4 Å². The molecule has 6 nitrogen and oxygen atoms in total. The summed E-state index contributed by atoms with van der Waals surface area (Å²) >= 11 is 1.02. The number of hydrogen-bond donors (Lipinski definition) is 1. The van der Waals surface area contributed by atoms with E-state index in [4.69, 9.17) is 9.47 Å². The number of carbonyl (C=O) groups is 1. The van der Waals surface area contributed by atoms with Crippen molar-refractivity contribution in [1.82, 2.24) is 5.32 Å². The minimum atomic E-state index is -0.764. The fourth-order valence-corrected chi connectivity index (χ4v) is 4.23. The summed E-state index contributed by atoms with van der Waals surface area (Å²) < 4.78 is 52.2. The number of amidine groups is 1. The summed E-state index contributed by atoms with van der Waals surface area (Å²) in [5.74, 6) is -1.16. The Morgan fingerprint density at radius 2 is 1.64 bits per heavy atom. The Morgan fingerprint density at radius 1 is 1.00 bits per heavy atom. The van der Waals surface area contributed by atoms with Crippen LogP contribution in [0.2, 0.25) is 0 Å². The summed E-state index contributed by atoms with van der Waals surface area (Å²) in [5, 5.41) is 3.26. The Labute approximate surface area is 212 Å². The first kappa shape index (κ1) is 26.9. The lowest BCUT2D eigenvalue weighted by atomic mass is 10.2. The highest BCUT2D eigenvalue weighted by molar-refractivity contribution is 8.13. The van der Waals surface area contributed by atoms with Crippen LogP contribution in [0.5, 0.6) is 11.5 Å². The topological polar surface area (TPSA) is 63.2 Å². The Morgan fingerprint density at radius 3 is 2.25 bits per heavy atom. The first-order valence-electron chi connectivity index (χ1n) is 10.9. The van der Waals surface area contributed by atoms with Gasteiger partial charge in [0.15, 0.2) is 16.7 Å². The minimum Gasteiger partial charge on any atom is -0.493 e. The molecule has 1 atom stereocenters. The number of carbonyl (C=O) groups excluding carboxylic acids is 1. The third kappa shape index (κ3) is 6.72. The van der Waals surface area contributed by atoms with Crippen LogP contribution >= 0.6 is 11.8 Å². The number of ether oxygens (including phenoxy) is 2. The molecule has 0 saturated carbocycles. The highest BCUT2D eigenvalue weighted by Gasteiger charge is 2.22. The van der Waals surface area contributed by atoms with Crippen molar-refractivity contribution in [3.05, 3.63) is 83.7 Å². The van der Waals surface area contributed by atoms with E-state index in [1.54, 1.807) is 32.2 Å². The number of methoxy groups -OCH3 is 2. The second kappa shape index (κ2) is 12.3. The highest BCUT2D eigenvalue weighted by atomic mass is 32.2. The van der Waals surface area contributed by atoms with Gasteiger partial charge in [0.1, 0.15) is 23.5 Å². The Balaban J connectivity index is 1.81. The van der Waals surface area contributed by atoms with Gasteiger partial charge in [0.25, 0.3) is 0 Å². The summed E-state index contributed by atoms with van der Waals surface area (Å²) in [6, 6.07) is 13.4. The molecule has 0 saturated heterocycles. The fourth-order valence-electron chi connectivity index (χ4n) is 3.25. The van der Waals surface area contributed by atoms with Crippen molar-refractivity contribution in [3.63, 3.8) is 0 Å². The molecule has 10 heteroatoms. The molecule has 190 valence electrons. The van der Waals surface area contributed by atoms with Crippen molar-refractivity contribution >= 4 is 34.2 Å². The van der Waals surface area contributed by atoms with Gasteiger partial charge in [-0.25, -0.2) is 18.2 Å². The average Bonchev–Trinajstić information content (AvgIpc) is 2.88. The van der Waals surface area contributed by atoms with Gasteiger partial charge in [-0.2, -0.15) is 0 Å². The molecular weight excluding hydrogens is 491 g/mol. The van der Waals surface area contributed by atoms with Gasteiger partial charge in [0.2, 0.25) is 5.91 Å².